The van der Waals surface area contributed by atoms with Gasteiger partial charge in [0.2, 0.25) is 5.91 Å². The van der Waals surface area contributed by atoms with E-state index >= 15 is 0 Å². The molecule has 0 aliphatic rings. The number of aliphatic hydroxyl groups is 1. The molecule has 0 bridgehead atoms. The molecule has 0 aromatic carbocycles. The van der Waals surface area contributed by atoms with E-state index in [1.54, 1.807) is 25.4 Å². The molecule has 4 heteroatoms. The summed E-state index contributed by atoms with van der Waals surface area (Å²) in [5.74, 6) is -0.0992. The Balaban J connectivity index is 2.95. The summed E-state index contributed by atoms with van der Waals surface area (Å²) in [6.07, 6.45) is 3.31. The molecule has 1 atom stereocenters. The average Bonchev–Trinajstić information content (AvgIpc) is 2.28. The third-order valence-electron chi connectivity index (χ3n) is 2.69. The maximum Gasteiger partial charge on any atom is 0.226 e. The fraction of sp³-hybridized carbons (Fsp3) is 0.538. The normalized spacial score (nSPS) is 15.1. The maximum atomic E-state index is 12.0. The predicted molar refractivity (Wildman–Crippen MR) is 66.3 cm³/mol. The van der Waals surface area contributed by atoms with E-state index in [1.165, 1.54) is 0 Å². The zero-order valence-corrected chi connectivity index (χ0v) is 10.8. The second kappa shape index (κ2) is 4.84. The van der Waals surface area contributed by atoms with E-state index in [0.29, 0.717) is 0 Å². The van der Waals surface area contributed by atoms with Crippen LogP contribution < -0.4 is 5.32 Å². The summed E-state index contributed by atoms with van der Waals surface area (Å²) in [4.78, 5) is 16.0. The lowest BCUT2D eigenvalue weighted by molar-refractivity contribution is -0.131. The van der Waals surface area contributed by atoms with Crippen LogP contribution in [-0.2, 0) is 10.3 Å². The number of aromatic nitrogens is 1. The first-order valence-corrected chi connectivity index (χ1v) is 5.63. The summed E-state index contributed by atoms with van der Waals surface area (Å²) < 4.78 is 0. The highest BCUT2D eigenvalue weighted by atomic mass is 16.3. The van der Waals surface area contributed by atoms with E-state index in [2.05, 4.69) is 10.3 Å². The van der Waals surface area contributed by atoms with Crippen molar-refractivity contribution in [2.45, 2.75) is 33.2 Å². The molecule has 0 saturated carbocycles. The van der Waals surface area contributed by atoms with Gasteiger partial charge in [-0.3, -0.25) is 9.78 Å². The number of hydrogen-bond donors (Lipinski definition) is 2. The first-order chi connectivity index (χ1) is 7.79. The number of aliphatic hydroxyl groups excluding tert-OH is 1. The van der Waals surface area contributed by atoms with Crippen molar-refractivity contribution in [1.82, 2.24) is 10.3 Å². The second-order valence-electron chi connectivity index (χ2n) is 5.44. The van der Waals surface area contributed by atoms with Crippen LogP contribution in [0.25, 0.3) is 0 Å². The van der Waals surface area contributed by atoms with Crippen LogP contribution in [0, 0.1) is 5.41 Å². The zero-order chi connectivity index (χ0) is 13.1. The van der Waals surface area contributed by atoms with Crippen molar-refractivity contribution >= 4 is 5.91 Å². The minimum Gasteiger partial charge on any atom is -0.394 e. The Hall–Kier alpha value is -1.42. The molecular formula is C13H20N2O2. The van der Waals surface area contributed by atoms with Crippen molar-refractivity contribution in [2.24, 2.45) is 5.41 Å². The first-order valence-electron chi connectivity index (χ1n) is 5.63. The molecule has 0 spiro atoms. The third-order valence-corrected chi connectivity index (χ3v) is 2.69. The van der Waals surface area contributed by atoms with E-state index in [-0.39, 0.29) is 12.5 Å². The largest absolute Gasteiger partial charge is 0.394 e. The van der Waals surface area contributed by atoms with Gasteiger partial charge in [-0.05, 0) is 18.6 Å². The Bertz CT molecular complexity index is 384. The van der Waals surface area contributed by atoms with Gasteiger partial charge in [-0.2, -0.15) is 0 Å². The van der Waals surface area contributed by atoms with Crippen molar-refractivity contribution < 1.29 is 9.90 Å². The van der Waals surface area contributed by atoms with Crippen molar-refractivity contribution in [2.75, 3.05) is 6.61 Å². The molecule has 1 amide bonds. The standard InChI is InChI=1S/C13H20N2O2/c1-12(2,3)11(17)15-13(4,9-16)10-6-5-7-14-8-10/h5-8,16H,9H2,1-4H3,(H,15,17)/t13-/m1/s1. The Labute approximate surface area is 102 Å². The SMILES string of the molecule is CC(C)(C)C(=O)N[C@](C)(CO)c1cccnc1. The molecule has 94 valence electrons. The van der Waals surface area contributed by atoms with Crippen LogP contribution in [0.1, 0.15) is 33.3 Å². The van der Waals surface area contributed by atoms with Crippen LogP contribution in [-0.4, -0.2) is 22.6 Å². The third kappa shape index (κ3) is 3.27. The highest BCUT2D eigenvalue weighted by Gasteiger charge is 2.32. The van der Waals surface area contributed by atoms with Crippen molar-refractivity contribution in [3.05, 3.63) is 30.1 Å². The number of pyridine rings is 1. The minimum absolute atomic E-state index is 0.0992. The van der Waals surface area contributed by atoms with Gasteiger partial charge in [0.15, 0.2) is 0 Å². The lowest BCUT2D eigenvalue weighted by Crippen LogP contribution is -2.50. The monoisotopic (exact) mass is 236 g/mol. The van der Waals surface area contributed by atoms with Crippen LogP contribution in [0.5, 0.6) is 0 Å². The van der Waals surface area contributed by atoms with Gasteiger partial charge in [0, 0.05) is 17.8 Å². The average molecular weight is 236 g/mol. The van der Waals surface area contributed by atoms with Crippen LogP contribution >= 0.6 is 0 Å². The van der Waals surface area contributed by atoms with Gasteiger partial charge >= 0.3 is 0 Å². The van der Waals surface area contributed by atoms with Gasteiger partial charge in [0.1, 0.15) is 0 Å². The van der Waals surface area contributed by atoms with E-state index in [1.807, 2.05) is 26.8 Å². The molecule has 1 rings (SSSR count). The molecule has 0 radical (unpaired) electrons. The maximum absolute atomic E-state index is 12.0. The van der Waals surface area contributed by atoms with Gasteiger partial charge in [0.25, 0.3) is 0 Å². The molecule has 17 heavy (non-hydrogen) atoms. The van der Waals surface area contributed by atoms with E-state index in [4.69, 9.17) is 0 Å². The summed E-state index contributed by atoms with van der Waals surface area (Å²) >= 11 is 0. The summed E-state index contributed by atoms with van der Waals surface area (Å²) in [7, 11) is 0. The van der Waals surface area contributed by atoms with Gasteiger partial charge in [0.05, 0.1) is 12.1 Å². The molecule has 0 aliphatic carbocycles. The molecule has 1 aromatic heterocycles. The Morgan fingerprint density at radius 2 is 2.06 bits per heavy atom. The molecule has 1 heterocycles. The molecule has 0 unspecified atom stereocenters. The number of nitrogens with one attached hydrogen (secondary N) is 1. The molecular weight excluding hydrogens is 216 g/mol. The smallest absolute Gasteiger partial charge is 0.226 e. The fourth-order valence-electron chi connectivity index (χ4n) is 1.33. The molecule has 4 nitrogen and oxygen atoms in total. The first kappa shape index (κ1) is 13.6. The molecule has 0 saturated heterocycles. The summed E-state index contributed by atoms with van der Waals surface area (Å²) in [6, 6.07) is 3.62. The number of carbonyl (C=O) groups is 1. The van der Waals surface area contributed by atoms with E-state index in [9.17, 15) is 9.90 Å². The van der Waals surface area contributed by atoms with Gasteiger partial charge in [-0.25, -0.2) is 0 Å². The van der Waals surface area contributed by atoms with Gasteiger partial charge < -0.3 is 10.4 Å². The van der Waals surface area contributed by atoms with Crippen LogP contribution in [0.4, 0.5) is 0 Å². The Kier molecular flexibility index (Phi) is 3.88. The topological polar surface area (TPSA) is 62.2 Å². The highest BCUT2D eigenvalue weighted by molar-refractivity contribution is 5.82. The number of hydrogen-bond acceptors (Lipinski definition) is 3. The van der Waals surface area contributed by atoms with Gasteiger partial charge in [-0.15, -0.1) is 0 Å². The summed E-state index contributed by atoms with van der Waals surface area (Å²) in [6.45, 7) is 7.13. The predicted octanol–water partition coefficient (Wildman–Crippen LogP) is 1.45. The summed E-state index contributed by atoms with van der Waals surface area (Å²) in [5, 5.41) is 12.4. The van der Waals surface area contributed by atoms with Crippen molar-refractivity contribution in [3.63, 3.8) is 0 Å². The quantitative estimate of drug-likeness (QED) is 0.835. The van der Waals surface area contributed by atoms with Gasteiger partial charge in [-0.1, -0.05) is 26.8 Å². The second-order valence-corrected chi connectivity index (χ2v) is 5.44. The number of carbonyl (C=O) groups excluding carboxylic acids is 1. The zero-order valence-electron chi connectivity index (χ0n) is 10.8. The highest BCUT2D eigenvalue weighted by Crippen LogP contribution is 2.22. The van der Waals surface area contributed by atoms with Crippen LogP contribution in [0.2, 0.25) is 0 Å². The summed E-state index contributed by atoms with van der Waals surface area (Å²) in [5.41, 5.74) is -0.489. The fourth-order valence-corrected chi connectivity index (χ4v) is 1.33. The lowest BCUT2D eigenvalue weighted by Gasteiger charge is -2.32. The van der Waals surface area contributed by atoms with E-state index < -0.39 is 11.0 Å². The number of rotatable bonds is 3. The van der Waals surface area contributed by atoms with Crippen molar-refractivity contribution in [3.8, 4) is 0 Å². The Morgan fingerprint density at radius 3 is 2.47 bits per heavy atom. The molecule has 0 fully saturated rings. The molecule has 0 aliphatic heterocycles. The number of amides is 1. The van der Waals surface area contributed by atoms with Crippen molar-refractivity contribution in [1.29, 1.82) is 0 Å². The van der Waals surface area contributed by atoms with Crippen LogP contribution in [0.15, 0.2) is 24.5 Å². The minimum atomic E-state index is -0.793. The van der Waals surface area contributed by atoms with Crippen LogP contribution in [0.3, 0.4) is 0 Å². The number of nitrogens with zero attached hydrogens (tertiary/aromatic N) is 1. The molecule has 1 aromatic rings. The molecule has 2 N–H and O–H groups in total. The van der Waals surface area contributed by atoms with E-state index in [0.717, 1.165) is 5.56 Å². The Morgan fingerprint density at radius 1 is 1.41 bits per heavy atom. The lowest BCUT2D eigenvalue weighted by atomic mass is 9.90.